The zero-order chi connectivity index (χ0) is 17.8. The van der Waals surface area contributed by atoms with Crippen molar-refractivity contribution in [3.8, 4) is 0 Å². The number of hydrogen-bond donors (Lipinski definition) is 1. The van der Waals surface area contributed by atoms with Crippen molar-refractivity contribution in [1.29, 1.82) is 0 Å². The summed E-state index contributed by atoms with van der Waals surface area (Å²) in [7, 11) is -2.48. The zero-order valence-electron chi connectivity index (χ0n) is 13.9. The van der Waals surface area contributed by atoms with Crippen molar-refractivity contribution < 1.29 is 32.6 Å². The molecule has 1 saturated heterocycles. The molecule has 0 bridgehead atoms. The predicted octanol–water partition coefficient (Wildman–Crippen LogP) is 1.82. The third kappa shape index (κ3) is 10.1. The maximum Gasteiger partial charge on any atom is 0.349 e. The van der Waals surface area contributed by atoms with Gasteiger partial charge in [0.1, 0.15) is 0 Å². The number of carbonyl (C=O) groups excluding carboxylic acids is 1. The number of carbonyl (C=O) groups is 2. The summed E-state index contributed by atoms with van der Waals surface area (Å²) >= 11 is 0. The van der Waals surface area contributed by atoms with E-state index in [1.807, 2.05) is 6.92 Å². The highest BCUT2D eigenvalue weighted by Gasteiger charge is 2.37. The Kier molecular flexibility index (Phi) is 11.3. The van der Waals surface area contributed by atoms with E-state index in [1.54, 1.807) is 6.92 Å². The molecule has 0 saturated carbocycles. The number of esters is 1. The van der Waals surface area contributed by atoms with Crippen LogP contribution in [0.15, 0.2) is 0 Å². The van der Waals surface area contributed by atoms with Crippen LogP contribution < -0.4 is 0 Å². The van der Waals surface area contributed by atoms with Crippen molar-refractivity contribution >= 4 is 27.1 Å². The van der Waals surface area contributed by atoms with E-state index >= 15 is 0 Å². The van der Waals surface area contributed by atoms with Gasteiger partial charge in [0, 0.05) is 12.8 Å². The van der Waals surface area contributed by atoms with Crippen LogP contribution in [-0.4, -0.2) is 49.1 Å². The lowest BCUT2D eigenvalue weighted by molar-refractivity contribution is -0.137. The van der Waals surface area contributed by atoms with Gasteiger partial charge in [-0.15, -0.1) is 0 Å². The topological polar surface area (TPSA) is 110 Å². The number of epoxide rings is 1. The molecule has 0 aromatic heterocycles. The van der Waals surface area contributed by atoms with Gasteiger partial charge in [-0.2, -0.15) is 8.42 Å². The second kappa shape index (κ2) is 12.1. The van der Waals surface area contributed by atoms with Gasteiger partial charge in [0.05, 0.1) is 18.8 Å². The highest BCUT2D eigenvalue weighted by Crippen LogP contribution is 2.29. The zero-order valence-corrected chi connectivity index (χ0v) is 14.7. The monoisotopic (exact) mass is 350 g/mol. The molecule has 8 heteroatoms. The molecule has 1 aliphatic heterocycles. The van der Waals surface area contributed by atoms with Crippen LogP contribution in [0.1, 0.15) is 59.3 Å². The van der Waals surface area contributed by atoms with Gasteiger partial charge in [0.25, 0.3) is 0 Å². The minimum atomic E-state index is -2.48. The van der Waals surface area contributed by atoms with E-state index < -0.39 is 22.2 Å². The molecule has 1 N–H and O–H groups in total. The second-order valence-electron chi connectivity index (χ2n) is 5.08. The van der Waals surface area contributed by atoms with E-state index in [0.717, 1.165) is 19.3 Å². The number of hydrogen-bond acceptors (Lipinski definition) is 6. The van der Waals surface area contributed by atoms with Gasteiger partial charge < -0.3 is 14.6 Å². The highest BCUT2D eigenvalue weighted by molar-refractivity contribution is 7.74. The molecule has 2 atom stereocenters. The Labute approximate surface area is 138 Å². The molecular formula is C15H26O7S. The Morgan fingerprint density at radius 1 is 1.09 bits per heavy atom. The molecule has 134 valence electrons. The summed E-state index contributed by atoms with van der Waals surface area (Å²) in [4.78, 5) is 20.7. The number of aliphatic carboxylic acids is 1. The molecule has 0 amide bonds. The Balaban J connectivity index is 0.000000688. The van der Waals surface area contributed by atoms with Crippen LogP contribution in [-0.2, 0) is 29.4 Å². The van der Waals surface area contributed by atoms with Crippen LogP contribution in [0.4, 0.5) is 0 Å². The summed E-state index contributed by atoms with van der Waals surface area (Å²) in [6.07, 6.45) is 4.38. The van der Waals surface area contributed by atoms with Gasteiger partial charge in [-0.1, -0.05) is 27.2 Å². The second-order valence-corrected chi connectivity index (χ2v) is 6.04. The van der Waals surface area contributed by atoms with Crippen LogP contribution in [0.3, 0.4) is 0 Å². The van der Waals surface area contributed by atoms with Crippen molar-refractivity contribution in [2.75, 3.05) is 6.61 Å². The van der Waals surface area contributed by atoms with Crippen molar-refractivity contribution in [3.63, 3.8) is 0 Å². The van der Waals surface area contributed by atoms with E-state index in [4.69, 9.17) is 14.6 Å². The fourth-order valence-corrected chi connectivity index (χ4v) is 2.29. The number of carboxylic acid groups (broad SMARTS) is 1. The molecular weight excluding hydrogens is 324 g/mol. The molecule has 0 spiro atoms. The largest absolute Gasteiger partial charge is 0.481 e. The molecule has 7 nitrogen and oxygen atoms in total. The SMILES string of the molecule is CCCC(=O)O.CCCC1OC1CCOC(=O)C(CC)=S(=O)=O. The minimum absolute atomic E-state index is 0.160. The average molecular weight is 350 g/mol. The quantitative estimate of drug-likeness (QED) is 0.383. The highest BCUT2D eigenvalue weighted by atomic mass is 32.2. The first-order valence-electron chi connectivity index (χ1n) is 7.86. The average Bonchev–Trinajstić information content (AvgIpc) is 3.18. The van der Waals surface area contributed by atoms with E-state index in [0.29, 0.717) is 18.9 Å². The predicted molar refractivity (Wildman–Crippen MR) is 85.9 cm³/mol. The first-order valence-corrected chi connectivity index (χ1v) is 8.94. The fraction of sp³-hybridized carbons (Fsp3) is 0.800. The van der Waals surface area contributed by atoms with Crippen molar-refractivity contribution in [1.82, 2.24) is 0 Å². The van der Waals surface area contributed by atoms with Crippen molar-refractivity contribution in [3.05, 3.63) is 0 Å². The Hall–Kier alpha value is -1.41. The molecule has 0 aromatic carbocycles. The smallest absolute Gasteiger partial charge is 0.349 e. The summed E-state index contributed by atoms with van der Waals surface area (Å²) in [5.41, 5.74) is 0. The maximum absolute atomic E-state index is 11.3. The molecule has 0 aromatic rings. The van der Waals surface area contributed by atoms with Gasteiger partial charge in [0.15, 0.2) is 4.86 Å². The molecule has 1 heterocycles. The van der Waals surface area contributed by atoms with Gasteiger partial charge in [-0.05, 0) is 19.3 Å². The summed E-state index contributed by atoms with van der Waals surface area (Å²) < 4.78 is 31.6. The van der Waals surface area contributed by atoms with Gasteiger partial charge in [-0.3, -0.25) is 4.79 Å². The summed E-state index contributed by atoms with van der Waals surface area (Å²) in [5.74, 6) is -1.45. The molecule has 0 aliphatic carbocycles. The standard InChI is InChI=1S/C11H18O5S.C4H8O2/c1-3-5-8-9(16-8)6-7-15-11(12)10(4-2)17(13)14;1-2-3-4(5)6/h8-9H,3-7H2,1-2H3;2-3H2,1H3,(H,5,6). The van der Waals surface area contributed by atoms with Crippen LogP contribution >= 0.6 is 0 Å². The minimum Gasteiger partial charge on any atom is -0.481 e. The summed E-state index contributed by atoms with van der Waals surface area (Å²) in [6, 6.07) is 0. The fourth-order valence-electron chi connectivity index (χ4n) is 1.86. The molecule has 1 aliphatic rings. The van der Waals surface area contributed by atoms with Gasteiger partial charge in [0.2, 0.25) is 10.3 Å². The van der Waals surface area contributed by atoms with Crippen LogP contribution in [0.25, 0.3) is 0 Å². The lowest BCUT2D eigenvalue weighted by Gasteiger charge is -2.02. The lowest BCUT2D eigenvalue weighted by atomic mass is 10.2. The number of carboxylic acids is 1. The number of rotatable bonds is 9. The van der Waals surface area contributed by atoms with Crippen LogP contribution in [0.5, 0.6) is 0 Å². The molecule has 1 fully saturated rings. The summed E-state index contributed by atoms with van der Waals surface area (Å²) in [6.45, 7) is 5.75. The third-order valence-corrected chi connectivity index (χ3v) is 3.97. The molecule has 1 rings (SSSR count). The number of ether oxygens (including phenoxy) is 2. The Morgan fingerprint density at radius 3 is 2.09 bits per heavy atom. The van der Waals surface area contributed by atoms with Crippen LogP contribution in [0.2, 0.25) is 0 Å². The normalized spacial score (nSPS) is 18.4. The maximum atomic E-state index is 11.3. The van der Waals surface area contributed by atoms with Crippen molar-refractivity contribution in [2.24, 2.45) is 0 Å². The van der Waals surface area contributed by atoms with E-state index in [-0.39, 0.29) is 24.0 Å². The van der Waals surface area contributed by atoms with E-state index in [1.165, 1.54) is 0 Å². The molecule has 23 heavy (non-hydrogen) atoms. The molecule has 2 unspecified atom stereocenters. The lowest BCUT2D eigenvalue weighted by Crippen LogP contribution is -2.19. The third-order valence-electron chi connectivity index (χ3n) is 3.11. The summed E-state index contributed by atoms with van der Waals surface area (Å²) in [5, 5.41) is 7.91. The van der Waals surface area contributed by atoms with Crippen LogP contribution in [0, 0.1) is 0 Å². The Morgan fingerprint density at radius 2 is 1.70 bits per heavy atom. The Bertz CT molecular complexity index is 502. The van der Waals surface area contributed by atoms with E-state index in [2.05, 4.69) is 6.92 Å². The van der Waals surface area contributed by atoms with Gasteiger partial charge in [-0.25, -0.2) is 4.79 Å². The van der Waals surface area contributed by atoms with Gasteiger partial charge >= 0.3 is 11.9 Å². The van der Waals surface area contributed by atoms with E-state index in [9.17, 15) is 18.0 Å². The van der Waals surface area contributed by atoms with Crippen molar-refractivity contribution in [2.45, 2.75) is 71.5 Å². The first-order chi connectivity index (χ1) is 10.9. The first kappa shape index (κ1) is 21.6. The molecule has 0 radical (unpaired) electrons.